The third-order valence-corrected chi connectivity index (χ3v) is 2.23. The molecule has 0 atom stereocenters. The fourth-order valence-corrected chi connectivity index (χ4v) is 1.41. The molecule has 0 radical (unpaired) electrons. The van der Waals surface area contributed by atoms with Gasteiger partial charge in [-0.2, -0.15) is 13.2 Å². The molecule has 106 valence electrons. The van der Waals surface area contributed by atoms with E-state index in [0.29, 0.717) is 6.07 Å². The van der Waals surface area contributed by atoms with Gasteiger partial charge in [0, 0.05) is 0 Å². The summed E-state index contributed by atoms with van der Waals surface area (Å²) in [5.41, 5.74) is -1.95. The minimum atomic E-state index is -4.55. The van der Waals surface area contributed by atoms with Crippen molar-refractivity contribution in [3.8, 4) is 0 Å². The van der Waals surface area contributed by atoms with Gasteiger partial charge in [-0.25, -0.2) is 4.79 Å². The van der Waals surface area contributed by atoms with Crippen molar-refractivity contribution >= 4 is 5.97 Å². The highest BCUT2D eigenvalue weighted by Gasteiger charge is 2.32. The van der Waals surface area contributed by atoms with Crippen LogP contribution in [0.25, 0.3) is 0 Å². The Morgan fingerprint density at radius 2 is 1.84 bits per heavy atom. The van der Waals surface area contributed by atoms with Gasteiger partial charge < -0.3 is 9.84 Å². The lowest BCUT2D eigenvalue weighted by atomic mass is 10.0. The van der Waals surface area contributed by atoms with Crippen LogP contribution in [0.4, 0.5) is 13.2 Å². The largest absolute Gasteiger partial charge is 0.456 e. The number of halogens is 3. The van der Waals surface area contributed by atoms with Crippen LogP contribution < -0.4 is 0 Å². The van der Waals surface area contributed by atoms with Crippen molar-refractivity contribution in [1.82, 2.24) is 0 Å². The average Bonchev–Trinajstić information content (AvgIpc) is 2.24. The molecule has 1 aromatic rings. The number of hydrogen-bond donors (Lipinski definition) is 1. The molecule has 19 heavy (non-hydrogen) atoms. The van der Waals surface area contributed by atoms with Crippen LogP contribution in [0.15, 0.2) is 18.2 Å². The van der Waals surface area contributed by atoms with Gasteiger partial charge in [-0.15, -0.1) is 0 Å². The van der Waals surface area contributed by atoms with Crippen LogP contribution in [0.1, 0.15) is 42.3 Å². The van der Waals surface area contributed by atoms with Crippen LogP contribution >= 0.6 is 0 Å². The van der Waals surface area contributed by atoms with Gasteiger partial charge in [-0.05, 0) is 38.5 Å². The van der Waals surface area contributed by atoms with Crippen LogP contribution in [0.5, 0.6) is 0 Å². The third-order valence-electron chi connectivity index (χ3n) is 2.23. The average molecular weight is 276 g/mol. The standard InChI is InChI=1S/C13H15F3O3/c1-12(2,3)19-11(18)10-6-9(13(14,15)16)5-4-8(10)7-17/h4-6,17H,7H2,1-3H3. The zero-order valence-corrected chi connectivity index (χ0v) is 10.8. The minimum Gasteiger partial charge on any atom is -0.456 e. The molecule has 0 aliphatic rings. The van der Waals surface area contributed by atoms with Crippen LogP contribution in [-0.2, 0) is 17.5 Å². The highest BCUT2D eigenvalue weighted by molar-refractivity contribution is 5.91. The van der Waals surface area contributed by atoms with Crippen LogP contribution in [0.2, 0.25) is 0 Å². The molecule has 0 saturated carbocycles. The minimum absolute atomic E-state index is 0.0993. The Bertz CT molecular complexity index is 473. The number of hydrogen-bond acceptors (Lipinski definition) is 3. The molecule has 3 nitrogen and oxygen atoms in total. The number of carbonyl (C=O) groups excluding carboxylic acids is 1. The fourth-order valence-electron chi connectivity index (χ4n) is 1.41. The van der Waals surface area contributed by atoms with Crippen molar-refractivity contribution in [1.29, 1.82) is 0 Å². The molecule has 0 unspecified atom stereocenters. The zero-order valence-electron chi connectivity index (χ0n) is 10.8. The first-order chi connectivity index (χ1) is 8.54. The summed E-state index contributed by atoms with van der Waals surface area (Å²) in [6.07, 6.45) is -4.55. The molecule has 0 saturated heterocycles. The maximum Gasteiger partial charge on any atom is 0.416 e. The van der Waals surface area contributed by atoms with Gasteiger partial charge >= 0.3 is 12.1 Å². The summed E-state index contributed by atoms with van der Waals surface area (Å²) < 4.78 is 42.8. The first-order valence-electron chi connectivity index (χ1n) is 5.59. The van der Waals surface area contributed by atoms with Crippen molar-refractivity contribution in [3.05, 3.63) is 34.9 Å². The van der Waals surface area contributed by atoms with Crippen molar-refractivity contribution in [2.45, 2.75) is 39.2 Å². The summed E-state index contributed by atoms with van der Waals surface area (Å²) >= 11 is 0. The van der Waals surface area contributed by atoms with Gasteiger partial charge in [0.1, 0.15) is 5.60 Å². The second kappa shape index (κ2) is 5.21. The van der Waals surface area contributed by atoms with Gasteiger partial charge in [-0.3, -0.25) is 0 Å². The molecule has 0 spiro atoms. The second-order valence-electron chi connectivity index (χ2n) is 5.03. The van der Waals surface area contributed by atoms with Crippen molar-refractivity contribution in [3.63, 3.8) is 0 Å². The van der Waals surface area contributed by atoms with E-state index in [1.54, 1.807) is 20.8 Å². The Hall–Kier alpha value is -1.56. The van der Waals surface area contributed by atoms with E-state index in [1.165, 1.54) is 0 Å². The van der Waals surface area contributed by atoms with Gasteiger partial charge in [0.05, 0.1) is 17.7 Å². The Kier molecular flexibility index (Phi) is 4.25. The van der Waals surface area contributed by atoms with Crippen LogP contribution in [0.3, 0.4) is 0 Å². The molecular weight excluding hydrogens is 261 g/mol. The number of ether oxygens (including phenoxy) is 1. The van der Waals surface area contributed by atoms with E-state index in [1.807, 2.05) is 0 Å². The number of benzene rings is 1. The summed E-state index contributed by atoms with van der Waals surface area (Å²) in [7, 11) is 0. The third kappa shape index (κ3) is 4.24. The predicted molar refractivity (Wildman–Crippen MR) is 62.5 cm³/mol. The molecule has 0 amide bonds. The molecule has 1 rings (SSSR count). The molecule has 0 aliphatic heterocycles. The highest BCUT2D eigenvalue weighted by Crippen LogP contribution is 2.31. The Labute approximate surface area is 109 Å². The molecule has 0 aromatic heterocycles. The lowest BCUT2D eigenvalue weighted by Gasteiger charge is -2.21. The summed E-state index contributed by atoms with van der Waals surface area (Å²) in [6.45, 7) is 4.29. The van der Waals surface area contributed by atoms with Gasteiger partial charge in [0.15, 0.2) is 0 Å². The van der Waals surface area contributed by atoms with Crippen molar-refractivity contribution in [2.75, 3.05) is 0 Å². The van der Waals surface area contributed by atoms with Gasteiger partial charge in [0.2, 0.25) is 0 Å². The van der Waals surface area contributed by atoms with E-state index in [0.717, 1.165) is 12.1 Å². The van der Waals surface area contributed by atoms with E-state index in [-0.39, 0.29) is 11.1 Å². The first kappa shape index (κ1) is 15.5. The van der Waals surface area contributed by atoms with Crippen LogP contribution in [-0.4, -0.2) is 16.7 Å². The number of esters is 1. The molecule has 0 bridgehead atoms. The zero-order chi connectivity index (χ0) is 14.8. The Morgan fingerprint density at radius 1 is 1.26 bits per heavy atom. The molecule has 1 N–H and O–H groups in total. The fraction of sp³-hybridized carbons (Fsp3) is 0.462. The van der Waals surface area contributed by atoms with E-state index in [4.69, 9.17) is 9.84 Å². The molecule has 1 aromatic carbocycles. The number of aliphatic hydroxyl groups excluding tert-OH is 1. The summed E-state index contributed by atoms with van der Waals surface area (Å²) in [5, 5.41) is 9.07. The summed E-state index contributed by atoms with van der Waals surface area (Å²) in [5.74, 6) is -0.886. The number of aliphatic hydroxyl groups is 1. The molecule has 0 aliphatic carbocycles. The lowest BCUT2D eigenvalue weighted by Crippen LogP contribution is -2.25. The Morgan fingerprint density at radius 3 is 2.26 bits per heavy atom. The number of alkyl halides is 3. The number of rotatable bonds is 2. The quantitative estimate of drug-likeness (QED) is 0.844. The SMILES string of the molecule is CC(C)(C)OC(=O)c1cc(C(F)(F)F)ccc1CO. The van der Waals surface area contributed by atoms with Gasteiger partial charge in [0.25, 0.3) is 0 Å². The van der Waals surface area contributed by atoms with Gasteiger partial charge in [-0.1, -0.05) is 6.07 Å². The van der Waals surface area contributed by atoms with E-state index in [2.05, 4.69) is 0 Å². The summed E-state index contributed by atoms with van der Waals surface area (Å²) in [4.78, 5) is 11.8. The highest BCUT2D eigenvalue weighted by atomic mass is 19.4. The molecule has 0 heterocycles. The Balaban J connectivity index is 3.20. The molecular formula is C13H15F3O3. The molecule has 0 fully saturated rings. The topological polar surface area (TPSA) is 46.5 Å². The monoisotopic (exact) mass is 276 g/mol. The maximum atomic E-state index is 12.6. The maximum absolute atomic E-state index is 12.6. The lowest BCUT2D eigenvalue weighted by molar-refractivity contribution is -0.137. The van der Waals surface area contributed by atoms with Crippen LogP contribution in [0, 0.1) is 0 Å². The smallest absolute Gasteiger partial charge is 0.416 e. The second-order valence-corrected chi connectivity index (χ2v) is 5.03. The normalized spacial score (nSPS) is 12.4. The van der Waals surface area contributed by atoms with E-state index in [9.17, 15) is 18.0 Å². The predicted octanol–water partition coefficient (Wildman–Crippen LogP) is 3.15. The van der Waals surface area contributed by atoms with Crippen molar-refractivity contribution in [2.24, 2.45) is 0 Å². The first-order valence-corrected chi connectivity index (χ1v) is 5.59. The number of carbonyl (C=O) groups is 1. The molecule has 6 heteroatoms. The van der Waals surface area contributed by atoms with Crippen molar-refractivity contribution < 1.29 is 27.8 Å². The van der Waals surface area contributed by atoms with E-state index < -0.39 is 29.9 Å². The summed E-state index contributed by atoms with van der Waals surface area (Å²) in [6, 6.07) is 2.58. The van der Waals surface area contributed by atoms with E-state index >= 15 is 0 Å².